The average Bonchev–Trinajstić information content (AvgIpc) is 2.78. The van der Waals surface area contributed by atoms with Gasteiger partial charge in [0.1, 0.15) is 0 Å². The van der Waals surface area contributed by atoms with Crippen LogP contribution in [0.15, 0.2) is 36.4 Å². The predicted octanol–water partition coefficient (Wildman–Crippen LogP) is 1.96. The Morgan fingerprint density at radius 3 is 2.67 bits per heavy atom. The summed E-state index contributed by atoms with van der Waals surface area (Å²) in [5.74, 6) is 5.69. The first-order valence-electron chi connectivity index (χ1n) is 6.29. The number of nitrogens with zero attached hydrogens (tertiary/aromatic N) is 2. The van der Waals surface area contributed by atoms with E-state index < -0.39 is 0 Å². The van der Waals surface area contributed by atoms with Crippen molar-refractivity contribution in [3.05, 3.63) is 53.3 Å². The summed E-state index contributed by atoms with van der Waals surface area (Å²) in [4.78, 5) is 0. The van der Waals surface area contributed by atoms with Crippen LogP contribution >= 0.6 is 0 Å². The second-order valence-corrected chi connectivity index (χ2v) is 4.44. The summed E-state index contributed by atoms with van der Waals surface area (Å²) in [6.07, 6.45) is 0.864. The summed E-state index contributed by atoms with van der Waals surface area (Å²) in [6, 6.07) is 12.5. The Bertz CT molecular complexity index is 490. The SMILES string of the molecule is CCn1nc(C)cc1C(Cc1ccccc1)NN. The van der Waals surface area contributed by atoms with E-state index in [2.05, 4.69) is 35.6 Å². The van der Waals surface area contributed by atoms with Crippen molar-refractivity contribution < 1.29 is 0 Å². The second kappa shape index (κ2) is 5.80. The van der Waals surface area contributed by atoms with Crippen LogP contribution in [0.3, 0.4) is 0 Å². The van der Waals surface area contributed by atoms with Gasteiger partial charge in [-0.05, 0) is 31.9 Å². The lowest BCUT2D eigenvalue weighted by Crippen LogP contribution is -2.31. The highest BCUT2D eigenvalue weighted by atomic mass is 15.3. The van der Waals surface area contributed by atoms with Gasteiger partial charge in [-0.25, -0.2) is 0 Å². The van der Waals surface area contributed by atoms with Crippen molar-refractivity contribution >= 4 is 0 Å². The fourth-order valence-corrected chi connectivity index (χ4v) is 2.20. The van der Waals surface area contributed by atoms with Crippen LogP contribution in [0.4, 0.5) is 0 Å². The van der Waals surface area contributed by atoms with E-state index in [1.54, 1.807) is 0 Å². The van der Waals surface area contributed by atoms with Gasteiger partial charge in [0.05, 0.1) is 17.4 Å². The molecule has 0 saturated carbocycles. The largest absolute Gasteiger partial charge is 0.271 e. The van der Waals surface area contributed by atoms with Crippen LogP contribution in [0, 0.1) is 6.92 Å². The van der Waals surface area contributed by atoms with Gasteiger partial charge in [0, 0.05) is 6.54 Å². The van der Waals surface area contributed by atoms with Gasteiger partial charge in [0.15, 0.2) is 0 Å². The number of rotatable bonds is 5. The maximum absolute atomic E-state index is 5.69. The highest BCUT2D eigenvalue weighted by Crippen LogP contribution is 2.18. The Hall–Kier alpha value is -1.65. The van der Waals surface area contributed by atoms with E-state index in [9.17, 15) is 0 Å². The van der Waals surface area contributed by atoms with Gasteiger partial charge in [-0.2, -0.15) is 5.10 Å². The molecule has 4 nitrogen and oxygen atoms in total. The molecule has 1 heterocycles. The minimum Gasteiger partial charge on any atom is -0.271 e. The quantitative estimate of drug-likeness (QED) is 0.624. The Morgan fingerprint density at radius 1 is 1.33 bits per heavy atom. The summed E-state index contributed by atoms with van der Waals surface area (Å²) < 4.78 is 2.00. The summed E-state index contributed by atoms with van der Waals surface area (Å²) in [7, 11) is 0. The molecule has 0 aliphatic carbocycles. The lowest BCUT2D eigenvalue weighted by atomic mass is 10.0. The first kappa shape index (κ1) is 12.8. The molecule has 1 unspecified atom stereocenters. The molecule has 4 heteroatoms. The van der Waals surface area contributed by atoms with Crippen molar-refractivity contribution in [2.45, 2.75) is 32.9 Å². The molecule has 1 aromatic carbocycles. The van der Waals surface area contributed by atoms with Crippen LogP contribution in [-0.4, -0.2) is 9.78 Å². The first-order valence-corrected chi connectivity index (χ1v) is 6.29. The number of nitrogens with one attached hydrogen (secondary N) is 1. The number of hydrogen-bond donors (Lipinski definition) is 2. The monoisotopic (exact) mass is 244 g/mol. The lowest BCUT2D eigenvalue weighted by molar-refractivity contribution is 0.490. The van der Waals surface area contributed by atoms with Gasteiger partial charge in [-0.1, -0.05) is 30.3 Å². The molecule has 0 fully saturated rings. The molecule has 18 heavy (non-hydrogen) atoms. The lowest BCUT2D eigenvalue weighted by Gasteiger charge is -2.17. The molecule has 0 radical (unpaired) electrons. The van der Waals surface area contributed by atoms with E-state index in [-0.39, 0.29) is 6.04 Å². The molecular weight excluding hydrogens is 224 g/mol. The molecule has 2 rings (SSSR count). The fourth-order valence-electron chi connectivity index (χ4n) is 2.20. The van der Waals surface area contributed by atoms with Crippen LogP contribution in [-0.2, 0) is 13.0 Å². The van der Waals surface area contributed by atoms with Gasteiger partial charge < -0.3 is 0 Å². The van der Waals surface area contributed by atoms with Gasteiger partial charge in [0.2, 0.25) is 0 Å². The van der Waals surface area contributed by atoms with Crippen molar-refractivity contribution in [2.24, 2.45) is 5.84 Å². The molecular formula is C14H20N4. The van der Waals surface area contributed by atoms with E-state index in [0.717, 1.165) is 24.4 Å². The van der Waals surface area contributed by atoms with Crippen molar-refractivity contribution in [2.75, 3.05) is 0 Å². The molecule has 1 aromatic heterocycles. The van der Waals surface area contributed by atoms with Crippen LogP contribution in [0.25, 0.3) is 0 Å². The smallest absolute Gasteiger partial charge is 0.0669 e. The van der Waals surface area contributed by atoms with Crippen molar-refractivity contribution in [1.82, 2.24) is 15.2 Å². The molecule has 0 aliphatic rings. The predicted molar refractivity (Wildman–Crippen MR) is 72.8 cm³/mol. The van der Waals surface area contributed by atoms with E-state index in [4.69, 9.17) is 5.84 Å². The number of benzene rings is 1. The maximum atomic E-state index is 5.69. The normalized spacial score (nSPS) is 12.6. The summed E-state index contributed by atoms with van der Waals surface area (Å²) >= 11 is 0. The molecule has 0 spiro atoms. The molecule has 0 aliphatic heterocycles. The zero-order valence-electron chi connectivity index (χ0n) is 10.9. The molecule has 0 amide bonds. The molecule has 1 atom stereocenters. The summed E-state index contributed by atoms with van der Waals surface area (Å²) in [5, 5.41) is 4.46. The second-order valence-electron chi connectivity index (χ2n) is 4.44. The van der Waals surface area contributed by atoms with Gasteiger partial charge in [-0.3, -0.25) is 16.0 Å². The number of nitrogens with two attached hydrogens (primary N) is 1. The van der Waals surface area contributed by atoms with Crippen LogP contribution < -0.4 is 11.3 Å². The van der Waals surface area contributed by atoms with E-state index in [0.29, 0.717) is 0 Å². The molecule has 0 saturated heterocycles. The number of aromatic nitrogens is 2. The zero-order valence-corrected chi connectivity index (χ0v) is 10.9. The van der Waals surface area contributed by atoms with Crippen LogP contribution in [0.5, 0.6) is 0 Å². The minimum atomic E-state index is 0.0913. The molecule has 3 N–H and O–H groups in total. The average molecular weight is 244 g/mol. The van der Waals surface area contributed by atoms with E-state index in [1.165, 1.54) is 5.56 Å². The first-order chi connectivity index (χ1) is 8.74. The zero-order chi connectivity index (χ0) is 13.0. The van der Waals surface area contributed by atoms with Gasteiger partial charge in [-0.15, -0.1) is 0 Å². The minimum absolute atomic E-state index is 0.0913. The Kier molecular flexibility index (Phi) is 4.12. The van der Waals surface area contributed by atoms with Gasteiger partial charge in [0.25, 0.3) is 0 Å². The number of hydrogen-bond acceptors (Lipinski definition) is 3. The Morgan fingerprint density at radius 2 is 2.06 bits per heavy atom. The van der Waals surface area contributed by atoms with Gasteiger partial charge >= 0.3 is 0 Å². The third-order valence-corrected chi connectivity index (χ3v) is 3.07. The maximum Gasteiger partial charge on any atom is 0.0669 e. The Labute approximate surface area is 108 Å². The third kappa shape index (κ3) is 2.78. The molecule has 2 aromatic rings. The van der Waals surface area contributed by atoms with Crippen molar-refractivity contribution in [1.29, 1.82) is 0 Å². The molecule has 0 bridgehead atoms. The van der Waals surface area contributed by atoms with E-state index >= 15 is 0 Å². The van der Waals surface area contributed by atoms with E-state index in [1.807, 2.05) is 29.8 Å². The summed E-state index contributed by atoms with van der Waals surface area (Å²) in [5.41, 5.74) is 6.33. The third-order valence-electron chi connectivity index (χ3n) is 3.07. The highest BCUT2D eigenvalue weighted by Gasteiger charge is 2.16. The standard InChI is InChI=1S/C14H20N4/c1-3-18-14(9-11(2)17-18)13(16-15)10-12-7-5-4-6-8-12/h4-9,13,16H,3,10,15H2,1-2H3. The fraction of sp³-hybridized carbons (Fsp3) is 0.357. The number of aryl methyl sites for hydroxylation is 2. The van der Waals surface area contributed by atoms with Crippen LogP contribution in [0.1, 0.15) is 29.9 Å². The van der Waals surface area contributed by atoms with Crippen molar-refractivity contribution in [3.63, 3.8) is 0 Å². The molecule has 96 valence electrons. The summed E-state index contributed by atoms with van der Waals surface area (Å²) in [6.45, 7) is 4.95. The van der Waals surface area contributed by atoms with Crippen molar-refractivity contribution in [3.8, 4) is 0 Å². The number of hydrazine groups is 1. The highest BCUT2D eigenvalue weighted by molar-refractivity contribution is 5.20. The topological polar surface area (TPSA) is 55.9 Å². The van der Waals surface area contributed by atoms with Crippen LogP contribution in [0.2, 0.25) is 0 Å². The Balaban J connectivity index is 2.22.